The van der Waals surface area contributed by atoms with Gasteiger partial charge >= 0.3 is 12.2 Å². The largest absolute Gasteiger partial charge is 0.464 e. The first-order valence-corrected chi connectivity index (χ1v) is 11.5. The molecule has 2 aromatic rings. The summed E-state index contributed by atoms with van der Waals surface area (Å²) in [6, 6.07) is 17.8. The Bertz CT molecular complexity index is 900. The average molecular weight is 472 g/mol. The smallest absolute Gasteiger partial charge is 0.422 e. The molecule has 0 spiro atoms. The van der Waals surface area contributed by atoms with Gasteiger partial charge in [-0.25, -0.2) is 19.6 Å². The highest BCUT2D eigenvalue weighted by atomic mass is 16.5. The molecule has 0 saturated heterocycles. The van der Waals surface area contributed by atoms with E-state index in [4.69, 9.17) is 4.74 Å². The van der Waals surface area contributed by atoms with Gasteiger partial charge in [0.2, 0.25) is 0 Å². The fourth-order valence-corrected chi connectivity index (χ4v) is 4.05. The number of carbonyl (C=O) groups is 2. The molecule has 0 unspecified atom stereocenters. The van der Waals surface area contributed by atoms with Gasteiger partial charge in [-0.15, -0.1) is 0 Å². The number of hydrogen-bond acceptors (Lipinski definition) is 5. The lowest BCUT2D eigenvalue weighted by Gasteiger charge is -2.45. The van der Waals surface area contributed by atoms with Crippen molar-refractivity contribution in [3.8, 4) is 0 Å². The monoisotopic (exact) mass is 471 g/mol. The number of alkyl carbamates (subject to hydrolysis) is 1. The van der Waals surface area contributed by atoms with Crippen molar-refractivity contribution in [2.24, 2.45) is 0 Å². The van der Waals surface area contributed by atoms with E-state index in [1.165, 1.54) is 0 Å². The van der Waals surface area contributed by atoms with Gasteiger partial charge in [0, 0.05) is 11.6 Å². The molecule has 8 heteroatoms. The number of amides is 2. The molecule has 0 fully saturated rings. The lowest BCUT2D eigenvalue weighted by atomic mass is 10.0. The molecule has 0 aromatic heterocycles. The summed E-state index contributed by atoms with van der Waals surface area (Å²) in [5.41, 5.74) is 1.24. The number of nitrogens with zero attached hydrogens (tertiary/aromatic N) is 2. The van der Waals surface area contributed by atoms with E-state index in [1.54, 1.807) is 5.01 Å². The van der Waals surface area contributed by atoms with E-state index in [0.29, 0.717) is 6.42 Å². The minimum atomic E-state index is -1.18. The SMILES string of the molecule is CC(C)N(N(C[C@@H](O)[C@H](Cc1ccccc1)NC(=O)OCc1ccccc1)C(=O)O)C(C)(C)C. The maximum atomic E-state index is 12.6. The van der Waals surface area contributed by atoms with Crippen LogP contribution in [0, 0.1) is 0 Å². The second-order valence-electron chi connectivity index (χ2n) is 9.54. The van der Waals surface area contributed by atoms with Crippen molar-refractivity contribution in [3.63, 3.8) is 0 Å². The van der Waals surface area contributed by atoms with Gasteiger partial charge in [-0.05, 0) is 52.2 Å². The number of rotatable bonds is 10. The number of benzene rings is 2. The zero-order valence-corrected chi connectivity index (χ0v) is 20.6. The molecule has 3 N–H and O–H groups in total. The van der Waals surface area contributed by atoms with Crippen LogP contribution in [0.25, 0.3) is 0 Å². The predicted molar refractivity (Wildman–Crippen MR) is 131 cm³/mol. The number of hydrogen-bond donors (Lipinski definition) is 3. The van der Waals surface area contributed by atoms with E-state index in [-0.39, 0.29) is 19.2 Å². The Morgan fingerprint density at radius 3 is 1.97 bits per heavy atom. The molecule has 34 heavy (non-hydrogen) atoms. The van der Waals surface area contributed by atoms with Crippen molar-refractivity contribution in [2.75, 3.05) is 6.54 Å². The Morgan fingerprint density at radius 1 is 0.971 bits per heavy atom. The second-order valence-corrected chi connectivity index (χ2v) is 9.54. The summed E-state index contributed by atoms with van der Waals surface area (Å²) >= 11 is 0. The third-order valence-electron chi connectivity index (χ3n) is 5.30. The van der Waals surface area contributed by atoms with E-state index in [0.717, 1.165) is 16.1 Å². The van der Waals surface area contributed by atoms with Crippen LogP contribution < -0.4 is 5.32 Å². The number of ether oxygens (including phenoxy) is 1. The molecule has 2 rings (SSSR count). The Balaban J connectivity index is 2.18. The van der Waals surface area contributed by atoms with Crippen molar-refractivity contribution >= 4 is 12.2 Å². The molecular formula is C26H37N3O5. The Labute approximate surface area is 202 Å². The first kappa shape index (κ1) is 27.1. The molecular weight excluding hydrogens is 434 g/mol. The van der Waals surface area contributed by atoms with E-state index in [9.17, 15) is 19.8 Å². The maximum Gasteiger partial charge on any atom is 0.422 e. The van der Waals surface area contributed by atoms with E-state index >= 15 is 0 Å². The van der Waals surface area contributed by atoms with Crippen molar-refractivity contribution in [2.45, 2.75) is 71.4 Å². The average Bonchev–Trinajstić information content (AvgIpc) is 2.77. The summed E-state index contributed by atoms with van der Waals surface area (Å²) in [5.74, 6) is 0. The Kier molecular flexibility index (Phi) is 9.89. The lowest BCUT2D eigenvalue weighted by molar-refractivity contribution is -0.110. The Hall–Kier alpha value is -3.10. The van der Waals surface area contributed by atoms with E-state index < -0.39 is 29.9 Å². The van der Waals surface area contributed by atoms with Gasteiger partial charge in [0.15, 0.2) is 0 Å². The molecule has 0 saturated carbocycles. The fourth-order valence-electron chi connectivity index (χ4n) is 4.05. The highest BCUT2D eigenvalue weighted by Gasteiger charge is 2.36. The fraction of sp³-hybridized carbons (Fsp3) is 0.462. The van der Waals surface area contributed by atoms with Gasteiger partial charge in [0.05, 0.1) is 18.7 Å². The highest BCUT2D eigenvalue weighted by molar-refractivity contribution is 5.68. The van der Waals surface area contributed by atoms with Gasteiger partial charge in [0.1, 0.15) is 6.61 Å². The molecule has 8 nitrogen and oxygen atoms in total. The van der Waals surface area contributed by atoms with Crippen molar-refractivity contribution in [1.82, 2.24) is 15.3 Å². The Morgan fingerprint density at radius 2 is 1.50 bits per heavy atom. The van der Waals surface area contributed by atoms with Gasteiger partial charge in [-0.2, -0.15) is 0 Å². The summed E-state index contributed by atoms with van der Waals surface area (Å²) in [6.07, 6.45) is -2.72. The normalized spacial score (nSPS) is 13.4. The third-order valence-corrected chi connectivity index (χ3v) is 5.30. The van der Waals surface area contributed by atoms with Crippen LogP contribution in [-0.2, 0) is 17.8 Å². The second kappa shape index (κ2) is 12.4. The molecule has 0 radical (unpaired) electrons. The zero-order valence-electron chi connectivity index (χ0n) is 20.6. The molecule has 0 aliphatic carbocycles. The van der Waals surface area contributed by atoms with Crippen LogP contribution in [0.2, 0.25) is 0 Å². The van der Waals surface area contributed by atoms with Gasteiger partial charge in [0.25, 0.3) is 0 Å². The summed E-state index contributed by atoms with van der Waals surface area (Å²) in [6.45, 7) is 9.42. The molecule has 2 aromatic carbocycles. The highest BCUT2D eigenvalue weighted by Crippen LogP contribution is 2.21. The zero-order chi connectivity index (χ0) is 25.3. The third kappa shape index (κ3) is 8.35. The summed E-state index contributed by atoms with van der Waals surface area (Å²) in [5, 5.41) is 26.6. The number of aliphatic hydroxyl groups excluding tert-OH is 1. The molecule has 0 aliphatic rings. The van der Waals surface area contributed by atoms with Crippen molar-refractivity contribution in [3.05, 3.63) is 71.8 Å². The first-order valence-electron chi connectivity index (χ1n) is 11.5. The molecule has 2 amide bonds. The molecule has 2 atom stereocenters. The van der Waals surface area contributed by atoms with Crippen LogP contribution in [0.15, 0.2) is 60.7 Å². The number of aliphatic hydroxyl groups is 1. The number of nitrogens with one attached hydrogen (secondary N) is 1. The van der Waals surface area contributed by atoms with Crippen LogP contribution in [0.1, 0.15) is 45.7 Å². The van der Waals surface area contributed by atoms with Crippen LogP contribution in [0.5, 0.6) is 0 Å². The van der Waals surface area contributed by atoms with E-state index in [2.05, 4.69) is 5.32 Å². The molecule has 0 heterocycles. The quantitative estimate of drug-likeness (QED) is 0.447. The van der Waals surface area contributed by atoms with Crippen LogP contribution in [-0.4, -0.2) is 62.7 Å². The van der Waals surface area contributed by atoms with Crippen LogP contribution in [0.3, 0.4) is 0 Å². The van der Waals surface area contributed by atoms with Crippen LogP contribution >= 0.6 is 0 Å². The predicted octanol–water partition coefficient (Wildman–Crippen LogP) is 4.29. The topological polar surface area (TPSA) is 102 Å². The van der Waals surface area contributed by atoms with Gasteiger partial charge in [-0.3, -0.25) is 0 Å². The standard InChI is InChI=1S/C26H37N3O5/c1-19(2)29(26(3,4)5)28(25(32)33)17-23(30)22(16-20-12-8-6-9-13-20)27-24(31)34-18-21-14-10-7-11-15-21/h6-15,19,22-23,30H,16-18H2,1-5H3,(H,27,31)(H,32,33)/t22-,23+/m0/s1. The van der Waals surface area contributed by atoms with Crippen molar-refractivity contribution in [1.29, 1.82) is 0 Å². The van der Waals surface area contributed by atoms with Crippen molar-refractivity contribution < 1.29 is 24.5 Å². The molecule has 0 aliphatic heterocycles. The first-order chi connectivity index (χ1) is 16.0. The van der Waals surface area contributed by atoms with E-state index in [1.807, 2.05) is 95.3 Å². The summed E-state index contributed by atoms with van der Waals surface area (Å²) in [4.78, 5) is 24.7. The molecule has 186 valence electrons. The number of carbonyl (C=O) groups excluding carboxylic acids is 1. The number of hydrazine groups is 1. The minimum Gasteiger partial charge on any atom is -0.464 e. The van der Waals surface area contributed by atoms with Gasteiger partial charge < -0.3 is 20.3 Å². The summed E-state index contributed by atoms with van der Waals surface area (Å²) < 4.78 is 5.34. The van der Waals surface area contributed by atoms with Gasteiger partial charge in [-0.1, -0.05) is 60.7 Å². The maximum absolute atomic E-state index is 12.6. The molecule has 0 bridgehead atoms. The minimum absolute atomic E-state index is 0.0905. The summed E-state index contributed by atoms with van der Waals surface area (Å²) in [7, 11) is 0. The lowest BCUT2D eigenvalue weighted by Crippen LogP contribution is -2.61. The number of carboxylic acid groups (broad SMARTS) is 1. The van der Waals surface area contributed by atoms with Crippen LogP contribution in [0.4, 0.5) is 9.59 Å².